The van der Waals surface area contributed by atoms with E-state index in [1.165, 1.54) is 57.6 Å². The van der Waals surface area contributed by atoms with Crippen LogP contribution in [0.3, 0.4) is 0 Å². The van der Waals surface area contributed by atoms with Gasteiger partial charge in [-0.15, -0.1) is 5.69 Å². The smallest absolute Gasteiger partial charge is 0.664 e. The Bertz CT molecular complexity index is 2090. The number of nitrogens with zero attached hydrogens (tertiary/aromatic N) is 2. The van der Waals surface area contributed by atoms with E-state index in [2.05, 4.69) is 72.6 Å². The minimum atomic E-state index is -1.05. The minimum absolute atomic E-state index is 0. The topological polar surface area (TPSA) is 139 Å². The molecule has 8 bridgehead atoms. The molecule has 10 nitrogen and oxygen atoms in total. The zero-order valence-electron chi connectivity index (χ0n) is 42.2. The number of aromatic nitrogens is 2. The van der Waals surface area contributed by atoms with Crippen molar-refractivity contribution in [2.75, 3.05) is 13.7 Å². The molecule has 10 atom stereocenters. The molecule has 3 aliphatic heterocycles. The number of nitrogens with one attached hydrogen (secondary N) is 2. The quantitative estimate of drug-likeness (QED) is 0.0410. The van der Waals surface area contributed by atoms with Gasteiger partial charge in [-0.05, 0) is 113 Å². The van der Waals surface area contributed by atoms with Crippen molar-refractivity contribution in [3.63, 3.8) is 0 Å². The number of hydrogen-bond donors (Lipinski definition) is 2. The van der Waals surface area contributed by atoms with E-state index < -0.39 is 17.8 Å². The summed E-state index contributed by atoms with van der Waals surface area (Å²) in [5.41, 5.74) is 9.70. The third kappa shape index (κ3) is 12.1. The van der Waals surface area contributed by atoms with E-state index in [9.17, 15) is 19.2 Å². The summed E-state index contributed by atoms with van der Waals surface area (Å²) in [4.78, 5) is 64.8. The number of ether oxygens (including phenoxy) is 2. The Labute approximate surface area is 412 Å². The molecule has 0 amide bonds. The maximum absolute atomic E-state index is 14.5. The molecule has 11 heteroatoms. The Morgan fingerprint density at radius 3 is 2.17 bits per heavy atom. The molecule has 66 heavy (non-hydrogen) atoms. The van der Waals surface area contributed by atoms with E-state index in [0.717, 1.165) is 81.8 Å². The summed E-state index contributed by atoms with van der Waals surface area (Å²) in [6.07, 6.45) is 19.3. The minimum Gasteiger partial charge on any atom is -0.664 e. The fraction of sp³-hybridized carbons (Fsp3) is 0.673. The largest absolute Gasteiger partial charge is 2.00 e. The van der Waals surface area contributed by atoms with Gasteiger partial charge in [0.05, 0.1) is 7.11 Å². The monoisotopic (exact) mass is 917 g/mol. The van der Waals surface area contributed by atoms with Crippen LogP contribution >= 0.6 is 0 Å². The predicted octanol–water partition coefficient (Wildman–Crippen LogP) is 9.44. The van der Waals surface area contributed by atoms with Crippen LogP contribution < -0.4 is 20.6 Å². The molecular formula is C55H80MgN4O6. The van der Waals surface area contributed by atoms with Gasteiger partial charge in [-0.25, -0.2) is 0 Å². The molecule has 358 valence electrons. The number of ketones is 1. The van der Waals surface area contributed by atoms with E-state index in [4.69, 9.17) is 19.4 Å². The van der Waals surface area contributed by atoms with Crippen LogP contribution in [-0.4, -0.2) is 84.9 Å². The Morgan fingerprint density at radius 2 is 1.53 bits per heavy atom. The van der Waals surface area contributed by atoms with Crippen molar-refractivity contribution < 1.29 is 28.7 Å². The molecule has 1 saturated heterocycles. The molecule has 6 rings (SSSR count). The zero-order valence-corrected chi connectivity index (χ0v) is 43.6. The van der Waals surface area contributed by atoms with Crippen molar-refractivity contribution >= 4 is 53.1 Å². The van der Waals surface area contributed by atoms with Crippen molar-refractivity contribution in [1.29, 1.82) is 0 Å². The molecule has 4 aliphatic rings. The SMILES string of the molecule is C=Cc1c2[n-]c(c1C)CC1NC(C(CCC(=O)OCC=C(C)CCCC(C)CCCC(C)CCCC(C)C)C1C)C1c3[n-]c(c(C)c3C(=O)C1C(=O)OC)CC1NC(C2)C(C=O)=C1CC.[Mg+2]. The predicted molar refractivity (Wildman–Crippen MR) is 265 cm³/mol. The first-order valence-corrected chi connectivity index (χ1v) is 25.2. The first-order valence-electron chi connectivity index (χ1n) is 25.2. The number of hydrogen-bond acceptors (Lipinski definition) is 8. The second-order valence-electron chi connectivity index (χ2n) is 20.9. The fourth-order valence-corrected chi connectivity index (χ4v) is 12.0. The van der Waals surface area contributed by atoms with E-state index >= 15 is 0 Å². The van der Waals surface area contributed by atoms with Crippen LogP contribution in [0.1, 0.15) is 181 Å². The fourth-order valence-electron chi connectivity index (χ4n) is 12.0. The number of Topliss-reactive ketones (excluding diaryl/α,β-unsaturated/α-hetero) is 1. The summed E-state index contributed by atoms with van der Waals surface area (Å²) in [5, 5.41) is 7.67. The molecule has 5 heterocycles. The average molecular weight is 918 g/mol. The number of methoxy groups -OCH3 is 1. The van der Waals surface area contributed by atoms with Gasteiger partial charge in [-0.1, -0.05) is 116 Å². The number of esters is 2. The number of rotatable bonds is 21. The summed E-state index contributed by atoms with van der Waals surface area (Å²) < 4.78 is 11.2. The molecule has 0 spiro atoms. The van der Waals surface area contributed by atoms with Gasteiger partial charge in [0.2, 0.25) is 0 Å². The summed E-state index contributed by atoms with van der Waals surface area (Å²) >= 11 is 0. The maximum Gasteiger partial charge on any atom is 2.00 e. The van der Waals surface area contributed by atoms with Crippen LogP contribution in [0.5, 0.6) is 0 Å². The van der Waals surface area contributed by atoms with E-state index in [0.29, 0.717) is 43.4 Å². The summed E-state index contributed by atoms with van der Waals surface area (Å²) in [5.74, 6) is -0.405. The molecule has 2 aromatic rings. The maximum atomic E-state index is 14.5. The Hall–Kier alpha value is -3.25. The number of carbonyl (C=O) groups excluding carboxylic acids is 4. The van der Waals surface area contributed by atoms with Gasteiger partial charge < -0.3 is 30.1 Å². The van der Waals surface area contributed by atoms with Crippen LogP contribution in [0.25, 0.3) is 6.08 Å². The Kier molecular flexibility index (Phi) is 19.8. The third-order valence-electron chi connectivity index (χ3n) is 15.9. The average Bonchev–Trinajstić information content (AvgIpc) is 4.02. The van der Waals surface area contributed by atoms with Crippen molar-refractivity contribution in [3.05, 3.63) is 74.4 Å². The van der Waals surface area contributed by atoms with Gasteiger partial charge in [0.25, 0.3) is 0 Å². The van der Waals surface area contributed by atoms with E-state index in [-0.39, 0.29) is 83.8 Å². The van der Waals surface area contributed by atoms with Gasteiger partial charge in [0.15, 0.2) is 5.78 Å². The van der Waals surface area contributed by atoms with Gasteiger partial charge >= 0.3 is 35.0 Å². The normalized spacial score (nSPS) is 25.8. The molecule has 1 aliphatic carbocycles. The molecule has 0 aromatic carbocycles. The number of allylic oxidation sites excluding steroid dienone is 1. The number of fused-ring (bicyclic) bond motifs is 8. The van der Waals surface area contributed by atoms with Crippen LogP contribution in [-0.2, 0) is 43.1 Å². The second kappa shape index (κ2) is 24.3. The van der Waals surface area contributed by atoms with Crippen LogP contribution in [0.2, 0.25) is 0 Å². The zero-order chi connectivity index (χ0) is 47.1. The van der Waals surface area contributed by atoms with Gasteiger partial charge in [0, 0.05) is 47.6 Å². The third-order valence-corrected chi connectivity index (χ3v) is 15.9. The standard InChI is InChI=1S/C55H81N4O6.Mg/c1-12-38-35(8)42-27-43-36(9)40(23-24-48(61)65-26-25-34(7)22-16-21-33(6)20-15-19-32(5)18-14-17-31(3)4)52(58-43)50-51(55(63)64-11)54(62)49-37(10)44(59-53(49)50)28-46-39(13-2)41(30-60)47(57-46)29-45(38)56-42;/h12,25,30-33,36,40,43,46-47,50-52,57-58H,1,13-24,26-29H2,2-11H3,(H,59,62);/q-1;+2/p-1. The first kappa shape index (κ1) is 53.7. The van der Waals surface area contributed by atoms with E-state index in [1.807, 2.05) is 19.1 Å². The molecular weight excluding hydrogens is 837 g/mol. The van der Waals surface area contributed by atoms with Crippen LogP contribution in [0, 0.1) is 49.4 Å². The number of carbonyl (C=O) groups is 4. The van der Waals surface area contributed by atoms with Gasteiger partial charge in [-0.3, -0.25) is 19.2 Å². The van der Waals surface area contributed by atoms with E-state index in [1.54, 1.807) is 0 Å². The molecule has 1 fully saturated rings. The summed E-state index contributed by atoms with van der Waals surface area (Å²) in [7, 11) is 1.33. The van der Waals surface area contributed by atoms with Crippen molar-refractivity contribution in [2.45, 2.75) is 189 Å². The first-order chi connectivity index (χ1) is 31.1. The van der Waals surface area contributed by atoms with Crippen LogP contribution in [0.4, 0.5) is 0 Å². The second-order valence-corrected chi connectivity index (χ2v) is 20.9. The molecule has 10 unspecified atom stereocenters. The van der Waals surface area contributed by atoms with Gasteiger partial charge in [0.1, 0.15) is 18.8 Å². The summed E-state index contributed by atoms with van der Waals surface area (Å²) in [6.45, 7) is 24.2. The molecule has 2 aromatic heterocycles. The number of aldehydes is 1. The van der Waals surface area contributed by atoms with Crippen molar-refractivity contribution in [2.24, 2.45) is 35.5 Å². The Balaban J connectivity index is 0.00000817. The molecule has 2 N–H and O–H groups in total. The molecule has 0 radical (unpaired) electrons. The molecule has 0 saturated carbocycles. The van der Waals surface area contributed by atoms with Crippen molar-refractivity contribution in [1.82, 2.24) is 20.6 Å². The van der Waals surface area contributed by atoms with Crippen LogP contribution in [0.15, 0.2) is 29.4 Å². The Morgan fingerprint density at radius 1 is 0.879 bits per heavy atom. The summed E-state index contributed by atoms with van der Waals surface area (Å²) in [6, 6.07) is -0.772. The van der Waals surface area contributed by atoms with Crippen molar-refractivity contribution in [3.8, 4) is 0 Å². The van der Waals surface area contributed by atoms with Gasteiger partial charge in [-0.2, -0.15) is 17.1 Å².